The Kier molecular flexibility index (Phi) is 4.68. The van der Waals surface area contributed by atoms with E-state index in [9.17, 15) is 5.11 Å². The minimum Gasteiger partial charge on any atom is -0.394 e. The highest BCUT2D eigenvalue weighted by molar-refractivity contribution is 7.09. The van der Waals surface area contributed by atoms with Gasteiger partial charge < -0.3 is 5.11 Å². The topological polar surface area (TPSA) is 36.4 Å². The van der Waals surface area contributed by atoms with Crippen LogP contribution in [0.25, 0.3) is 0 Å². The maximum absolute atomic E-state index is 9.82. The second-order valence-corrected chi connectivity index (χ2v) is 6.54. The molecule has 0 saturated carbocycles. The monoisotopic (exact) mass is 302 g/mol. The standard InChI is InChI=1S/C17H22N2OS/c1-2-5-17-18-14(12-21-17)10-19-9-8-13-6-3-4-7-15(13)16(19)11-20/h3-4,6-7,12,16,20H,2,5,8-11H2,1H3. The lowest BCUT2D eigenvalue weighted by Gasteiger charge is -2.35. The summed E-state index contributed by atoms with van der Waals surface area (Å²) in [5.74, 6) is 0. The number of aromatic nitrogens is 1. The molecule has 1 N–H and O–H groups in total. The van der Waals surface area contributed by atoms with Crippen LogP contribution in [-0.4, -0.2) is 28.1 Å². The number of rotatable bonds is 5. The first-order valence-electron chi connectivity index (χ1n) is 7.67. The van der Waals surface area contributed by atoms with Crippen molar-refractivity contribution in [2.45, 2.75) is 38.8 Å². The number of aliphatic hydroxyl groups excluding tert-OH is 1. The van der Waals surface area contributed by atoms with Crippen LogP contribution in [0, 0.1) is 0 Å². The zero-order valence-electron chi connectivity index (χ0n) is 12.5. The molecule has 0 saturated heterocycles. The maximum atomic E-state index is 9.82. The van der Waals surface area contributed by atoms with E-state index in [2.05, 4.69) is 41.5 Å². The van der Waals surface area contributed by atoms with E-state index in [1.807, 2.05) is 0 Å². The van der Waals surface area contributed by atoms with Gasteiger partial charge in [-0.2, -0.15) is 0 Å². The lowest BCUT2D eigenvalue weighted by Crippen LogP contribution is -2.36. The van der Waals surface area contributed by atoms with Crippen LogP contribution in [-0.2, 0) is 19.4 Å². The van der Waals surface area contributed by atoms with Gasteiger partial charge in [0.1, 0.15) is 0 Å². The van der Waals surface area contributed by atoms with Gasteiger partial charge in [-0.05, 0) is 30.4 Å². The predicted octanol–water partition coefficient (Wildman–Crippen LogP) is 3.19. The van der Waals surface area contributed by atoms with Crippen molar-refractivity contribution in [3.63, 3.8) is 0 Å². The number of nitrogens with zero attached hydrogens (tertiary/aromatic N) is 2. The number of hydrogen-bond donors (Lipinski definition) is 1. The van der Waals surface area contributed by atoms with E-state index in [0.717, 1.165) is 38.0 Å². The van der Waals surface area contributed by atoms with Gasteiger partial charge in [0.2, 0.25) is 0 Å². The molecule has 0 aliphatic carbocycles. The van der Waals surface area contributed by atoms with Crippen molar-refractivity contribution in [1.29, 1.82) is 0 Å². The Bertz CT molecular complexity index is 596. The second kappa shape index (κ2) is 6.69. The van der Waals surface area contributed by atoms with Crippen molar-refractivity contribution >= 4 is 11.3 Å². The summed E-state index contributed by atoms with van der Waals surface area (Å²) in [5.41, 5.74) is 3.79. The summed E-state index contributed by atoms with van der Waals surface area (Å²) in [4.78, 5) is 7.07. The molecule has 0 spiro atoms. The maximum Gasteiger partial charge on any atom is 0.0928 e. The quantitative estimate of drug-likeness (QED) is 0.921. The Morgan fingerprint density at radius 3 is 3.05 bits per heavy atom. The molecule has 1 aromatic heterocycles. The number of fused-ring (bicyclic) bond motifs is 1. The molecule has 0 radical (unpaired) electrons. The van der Waals surface area contributed by atoms with E-state index in [-0.39, 0.29) is 12.6 Å². The van der Waals surface area contributed by atoms with E-state index < -0.39 is 0 Å². The average molecular weight is 302 g/mol. The first-order chi connectivity index (χ1) is 10.3. The van der Waals surface area contributed by atoms with Crippen LogP contribution >= 0.6 is 11.3 Å². The molecule has 21 heavy (non-hydrogen) atoms. The molecule has 2 heterocycles. The minimum atomic E-state index is 0.103. The van der Waals surface area contributed by atoms with Crippen LogP contribution in [0.15, 0.2) is 29.6 Å². The van der Waals surface area contributed by atoms with Gasteiger partial charge >= 0.3 is 0 Å². The Morgan fingerprint density at radius 2 is 2.24 bits per heavy atom. The van der Waals surface area contributed by atoms with E-state index in [0.29, 0.717) is 0 Å². The number of thiazole rings is 1. The van der Waals surface area contributed by atoms with Crippen molar-refractivity contribution in [3.05, 3.63) is 51.5 Å². The van der Waals surface area contributed by atoms with E-state index in [1.54, 1.807) is 11.3 Å². The highest BCUT2D eigenvalue weighted by Gasteiger charge is 2.26. The van der Waals surface area contributed by atoms with Crippen LogP contribution in [0.4, 0.5) is 0 Å². The zero-order chi connectivity index (χ0) is 14.7. The third-order valence-corrected chi connectivity index (χ3v) is 5.08. The molecule has 3 nitrogen and oxygen atoms in total. The van der Waals surface area contributed by atoms with Gasteiger partial charge in [0.15, 0.2) is 0 Å². The molecule has 4 heteroatoms. The largest absolute Gasteiger partial charge is 0.394 e. The van der Waals surface area contributed by atoms with Gasteiger partial charge in [-0.25, -0.2) is 4.98 Å². The van der Waals surface area contributed by atoms with E-state index in [4.69, 9.17) is 4.98 Å². The van der Waals surface area contributed by atoms with Gasteiger partial charge in [0.05, 0.1) is 23.4 Å². The van der Waals surface area contributed by atoms with E-state index >= 15 is 0 Å². The van der Waals surface area contributed by atoms with Crippen molar-refractivity contribution in [2.75, 3.05) is 13.2 Å². The van der Waals surface area contributed by atoms with Crippen LogP contribution in [0.3, 0.4) is 0 Å². The molecule has 112 valence electrons. The Balaban J connectivity index is 1.76. The highest BCUT2D eigenvalue weighted by Crippen LogP contribution is 2.30. The third kappa shape index (κ3) is 3.18. The summed E-state index contributed by atoms with van der Waals surface area (Å²) < 4.78 is 0. The van der Waals surface area contributed by atoms with E-state index in [1.165, 1.54) is 16.1 Å². The number of aryl methyl sites for hydroxylation is 1. The zero-order valence-corrected chi connectivity index (χ0v) is 13.3. The minimum absolute atomic E-state index is 0.103. The summed E-state index contributed by atoms with van der Waals surface area (Å²) in [5, 5.41) is 13.2. The molecular weight excluding hydrogens is 280 g/mol. The fourth-order valence-corrected chi connectivity index (χ4v) is 3.96. The SMILES string of the molecule is CCCc1nc(CN2CCc3ccccc3C2CO)cs1. The molecule has 3 rings (SSSR count). The fraction of sp³-hybridized carbons (Fsp3) is 0.471. The molecule has 1 aromatic carbocycles. The molecule has 1 unspecified atom stereocenters. The number of benzene rings is 1. The van der Waals surface area contributed by atoms with Crippen molar-refractivity contribution in [1.82, 2.24) is 9.88 Å². The van der Waals surface area contributed by atoms with Gasteiger partial charge in [0.25, 0.3) is 0 Å². The molecular formula is C17H22N2OS. The van der Waals surface area contributed by atoms with Gasteiger partial charge in [-0.1, -0.05) is 31.2 Å². The van der Waals surface area contributed by atoms with Crippen LogP contribution in [0.1, 0.15) is 41.2 Å². The highest BCUT2D eigenvalue weighted by atomic mass is 32.1. The lowest BCUT2D eigenvalue weighted by atomic mass is 9.93. The number of aliphatic hydroxyl groups is 1. The molecule has 0 bridgehead atoms. The summed E-state index contributed by atoms with van der Waals surface area (Å²) in [7, 11) is 0. The van der Waals surface area contributed by atoms with Gasteiger partial charge in [-0.3, -0.25) is 4.90 Å². The first-order valence-corrected chi connectivity index (χ1v) is 8.55. The van der Waals surface area contributed by atoms with Crippen LogP contribution in [0.2, 0.25) is 0 Å². The summed E-state index contributed by atoms with van der Waals surface area (Å²) in [6.07, 6.45) is 3.26. The Morgan fingerprint density at radius 1 is 1.38 bits per heavy atom. The van der Waals surface area contributed by atoms with Crippen molar-refractivity contribution in [2.24, 2.45) is 0 Å². The van der Waals surface area contributed by atoms with Gasteiger partial charge in [0, 0.05) is 18.5 Å². The molecule has 1 aliphatic heterocycles. The molecule has 0 fully saturated rings. The summed E-state index contributed by atoms with van der Waals surface area (Å²) in [6, 6.07) is 8.57. The second-order valence-electron chi connectivity index (χ2n) is 5.60. The predicted molar refractivity (Wildman–Crippen MR) is 86.5 cm³/mol. The Labute approximate surface area is 130 Å². The summed E-state index contributed by atoms with van der Waals surface area (Å²) >= 11 is 1.76. The smallest absolute Gasteiger partial charge is 0.0928 e. The number of hydrogen-bond acceptors (Lipinski definition) is 4. The van der Waals surface area contributed by atoms with Gasteiger partial charge in [-0.15, -0.1) is 11.3 Å². The van der Waals surface area contributed by atoms with Crippen LogP contribution in [0.5, 0.6) is 0 Å². The van der Waals surface area contributed by atoms with Crippen molar-refractivity contribution in [3.8, 4) is 0 Å². The molecule has 1 aliphatic rings. The molecule has 1 atom stereocenters. The summed E-state index contributed by atoms with van der Waals surface area (Å²) in [6.45, 7) is 4.18. The van der Waals surface area contributed by atoms with Crippen molar-refractivity contribution < 1.29 is 5.11 Å². The third-order valence-electron chi connectivity index (χ3n) is 4.12. The van der Waals surface area contributed by atoms with Crippen LogP contribution < -0.4 is 0 Å². The normalized spacial score (nSPS) is 18.7. The Hall–Kier alpha value is -1.23. The fourth-order valence-electron chi connectivity index (χ4n) is 3.06. The molecule has 0 amide bonds. The average Bonchev–Trinajstić information content (AvgIpc) is 2.95. The lowest BCUT2D eigenvalue weighted by molar-refractivity contribution is 0.107. The molecule has 2 aromatic rings. The first kappa shape index (κ1) is 14.7.